The van der Waals surface area contributed by atoms with E-state index < -0.39 is 4.92 Å². The van der Waals surface area contributed by atoms with Gasteiger partial charge in [-0.05, 0) is 38.1 Å². The van der Waals surface area contributed by atoms with E-state index in [0.717, 1.165) is 5.56 Å². The lowest BCUT2D eigenvalue weighted by Gasteiger charge is -2.26. The number of aromatic nitrogens is 2. The van der Waals surface area contributed by atoms with E-state index in [1.165, 1.54) is 18.2 Å². The maximum Gasteiger partial charge on any atom is 0.270 e. The lowest BCUT2D eigenvalue weighted by atomic mass is 10.1. The number of amides is 1. The Labute approximate surface area is 177 Å². The largest absolute Gasteiger partial charge is 0.454 e. The van der Waals surface area contributed by atoms with Gasteiger partial charge in [0.2, 0.25) is 18.5 Å². The number of nitro benzene ring substituents is 1. The van der Waals surface area contributed by atoms with Crippen molar-refractivity contribution in [2.24, 2.45) is 0 Å². The summed E-state index contributed by atoms with van der Waals surface area (Å²) in [6, 6.07) is 11.0. The molecule has 1 aromatic heterocycles. The molecule has 2 heterocycles. The van der Waals surface area contributed by atoms with Gasteiger partial charge >= 0.3 is 0 Å². The van der Waals surface area contributed by atoms with Gasteiger partial charge in [0, 0.05) is 42.3 Å². The van der Waals surface area contributed by atoms with Gasteiger partial charge < -0.3 is 18.9 Å². The first-order valence-corrected chi connectivity index (χ1v) is 9.70. The van der Waals surface area contributed by atoms with Crippen LogP contribution < -0.4 is 9.47 Å². The van der Waals surface area contributed by atoms with Crippen LogP contribution >= 0.6 is 0 Å². The zero-order valence-corrected chi connectivity index (χ0v) is 17.0. The number of ether oxygens (including phenoxy) is 2. The van der Waals surface area contributed by atoms with Crippen molar-refractivity contribution in [1.82, 2.24) is 15.0 Å². The Bertz CT molecular complexity index is 1130. The molecule has 0 N–H and O–H groups in total. The first-order chi connectivity index (χ1) is 14.9. The van der Waals surface area contributed by atoms with E-state index >= 15 is 0 Å². The van der Waals surface area contributed by atoms with Crippen LogP contribution in [0.3, 0.4) is 0 Å². The van der Waals surface area contributed by atoms with Crippen LogP contribution in [-0.2, 0) is 6.42 Å². The highest BCUT2D eigenvalue weighted by Gasteiger charge is 2.22. The summed E-state index contributed by atoms with van der Waals surface area (Å²) in [6.07, 6.45) is 0.344. The molecule has 0 saturated carbocycles. The van der Waals surface area contributed by atoms with E-state index in [9.17, 15) is 14.9 Å². The molecule has 0 spiro atoms. The molecule has 1 aliphatic rings. The fourth-order valence-electron chi connectivity index (χ4n) is 3.24. The van der Waals surface area contributed by atoms with Crippen molar-refractivity contribution >= 4 is 11.6 Å². The number of nitrogens with zero attached hydrogens (tertiary/aromatic N) is 4. The van der Waals surface area contributed by atoms with Crippen molar-refractivity contribution in [3.63, 3.8) is 0 Å². The Kier molecular flexibility index (Phi) is 5.52. The van der Waals surface area contributed by atoms with Crippen LogP contribution in [0.2, 0.25) is 0 Å². The van der Waals surface area contributed by atoms with Crippen molar-refractivity contribution in [3.8, 4) is 22.9 Å². The van der Waals surface area contributed by atoms with Crippen LogP contribution in [0.4, 0.5) is 5.69 Å². The number of carbonyl (C=O) groups excluding carboxylic acids is 1. The fraction of sp³-hybridized carbons (Fsp3) is 0.286. The minimum Gasteiger partial charge on any atom is -0.454 e. The topological polar surface area (TPSA) is 121 Å². The van der Waals surface area contributed by atoms with Gasteiger partial charge in [-0.3, -0.25) is 14.9 Å². The molecule has 0 fully saturated rings. The third kappa shape index (κ3) is 4.32. The molecule has 0 aliphatic carbocycles. The first kappa shape index (κ1) is 20.3. The van der Waals surface area contributed by atoms with Crippen molar-refractivity contribution in [3.05, 3.63) is 64.0 Å². The Balaban J connectivity index is 1.46. The average Bonchev–Trinajstić information content (AvgIpc) is 3.42. The zero-order chi connectivity index (χ0) is 22.0. The van der Waals surface area contributed by atoms with Gasteiger partial charge in [-0.1, -0.05) is 11.2 Å². The van der Waals surface area contributed by atoms with Gasteiger partial charge in [-0.15, -0.1) is 0 Å². The third-order valence-corrected chi connectivity index (χ3v) is 4.85. The Morgan fingerprint density at radius 1 is 1.19 bits per heavy atom. The monoisotopic (exact) mass is 424 g/mol. The number of carbonyl (C=O) groups is 1. The third-order valence-electron chi connectivity index (χ3n) is 4.85. The molecule has 10 heteroatoms. The summed E-state index contributed by atoms with van der Waals surface area (Å²) in [7, 11) is 0. The van der Waals surface area contributed by atoms with Crippen molar-refractivity contribution in [2.75, 3.05) is 13.3 Å². The quantitative estimate of drug-likeness (QED) is 0.418. The zero-order valence-electron chi connectivity index (χ0n) is 17.0. The molecule has 3 aromatic rings. The SMILES string of the molecule is CC(C)N(CCc1nc(-c2ccc3c(c2)OCO3)no1)C(=O)c1cccc([N+](=O)[O-])c1. The van der Waals surface area contributed by atoms with E-state index in [1.54, 1.807) is 23.1 Å². The summed E-state index contributed by atoms with van der Waals surface area (Å²) < 4.78 is 16.0. The molecule has 2 aromatic carbocycles. The second-order valence-electron chi connectivity index (χ2n) is 7.23. The van der Waals surface area contributed by atoms with Crippen molar-refractivity contribution in [1.29, 1.82) is 0 Å². The Morgan fingerprint density at radius 3 is 2.77 bits per heavy atom. The summed E-state index contributed by atoms with van der Waals surface area (Å²) in [5, 5.41) is 15.0. The number of fused-ring (bicyclic) bond motifs is 1. The van der Waals surface area contributed by atoms with Gasteiger partial charge in [0.25, 0.3) is 11.6 Å². The van der Waals surface area contributed by atoms with Gasteiger partial charge in [-0.25, -0.2) is 0 Å². The lowest BCUT2D eigenvalue weighted by molar-refractivity contribution is -0.384. The number of nitro groups is 1. The number of benzene rings is 2. The van der Waals surface area contributed by atoms with Crippen LogP contribution in [0, 0.1) is 10.1 Å². The predicted octanol–water partition coefficient (Wildman–Crippen LogP) is 3.47. The number of rotatable bonds is 7. The second-order valence-corrected chi connectivity index (χ2v) is 7.23. The Morgan fingerprint density at radius 2 is 2.00 bits per heavy atom. The molecule has 31 heavy (non-hydrogen) atoms. The molecular formula is C21H20N4O6. The van der Waals surface area contributed by atoms with Gasteiger partial charge in [0.05, 0.1) is 4.92 Å². The molecule has 0 bridgehead atoms. The highest BCUT2D eigenvalue weighted by molar-refractivity contribution is 5.95. The van der Waals surface area contributed by atoms with Crippen LogP contribution in [0.25, 0.3) is 11.4 Å². The maximum atomic E-state index is 12.9. The molecule has 160 valence electrons. The van der Waals surface area contributed by atoms with Crippen molar-refractivity contribution in [2.45, 2.75) is 26.3 Å². The van der Waals surface area contributed by atoms with Gasteiger partial charge in [-0.2, -0.15) is 4.98 Å². The normalized spacial score (nSPS) is 12.2. The minimum atomic E-state index is -0.521. The fourth-order valence-corrected chi connectivity index (χ4v) is 3.24. The predicted molar refractivity (Wildman–Crippen MR) is 109 cm³/mol. The molecule has 0 atom stereocenters. The highest BCUT2D eigenvalue weighted by atomic mass is 16.7. The summed E-state index contributed by atoms with van der Waals surface area (Å²) in [4.78, 5) is 29.4. The van der Waals surface area contributed by atoms with Crippen LogP contribution in [0.15, 0.2) is 47.0 Å². The van der Waals surface area contributed by atoms with E-state index in [4.69, 9.17) is 14.0 Å². The second kappa shape index (κ2) is 8.42. The standard InChI is InChI=1S/C21H20N4O6/c1-13(2)24(21(26)15-4-3-5-16(10-15)25(27)28)9-8-19-22-20(23-31-19)14-6-7-17-18(11-14)30-12-29-17/h3-7,10-11,13H,8-9,12H2,1-2H3. The van der Waals surface area contributed by atoms with E-state index in [-0.39, 0.29) is 30.0 Å². The molecule has 1 aliphatic heterocycles. The van der Waals surface area contributed by atoms with Crippen molar-refractivity contribution < 1.29 is 23.7 Å². The minimum absolute atomic E-state index is 0.122. The number of hydrogen-bond donors (Lipinski definition) is 0. The molecule has 0 radical (unpaired) electrons. The van der Waals surface area contributed by atoms with Gasteiger partial charge in [0.1, 0.15) is 0 Å². The maximum absolute atomic E-state index is 12.9. The molecule has 4 rings (SSSR count). The Hall–Kier alpha value is -3.95. The number of non-ortho nitro benzene ring substituents is 1. The number of hydrogen-bond acceptors (Lipinski definition) is 8. The summed E-state index contributed by atoms with van der Waals surface area (Å²) >= 11 is 0. The van der Waals surface area contributed by atoms with Crippen LogP contribution in [0.1, 0.15) is 30.1 Å². The lowest BCUT2D eigenvalue weighted by Crippen LogP contribution is -2.38. The summed E-state index contributed by atoms with van der Waals surface area (Å²) in [5.41, 5.74) is 0.863. The molecule has 1 amide bonds. The van der Waals surface area contributed by atoms with Crippen LogP contribution in [-0.4, -0.2) is 45.3 Å². The highest BCUT2D eigenvalue weighted by Crippen LogP contribution is 2.35. The van der Waals surface area contributed by atoms with Gasteiger partial charge in [0.15, 0.2) is 11.5 Å². The smallest absolute Gasteiger partial charge is 0.270 e. The summed E-state index contributed by atoms with van der Waals surface area (Å²) in [6.45, 7) is 4.25. The molecule has 10 nitrogen and oxygen atoms in total. The molecule has 0 saturated heterocycles. The summed E-state index contributed by atoms with van der Waals surface area (Å²) in [5.74, 6) is 1.78. The molecule has 0 unspecified atom stereocenters. The molecular weight excluding hydrogens is 404 g/mol. The van der Waals surface area contributed by atoms with E-state index in [2.05, 4.69) is 10.1 Å². The van der Waals surface area contributed by atoms with E-state index in [0.29, 0.717) is 36.2 Å². The average molecular weight is 424 g/mol. The van der Waals surface area contributed by atoms with E-state index in [1.807, 2.05) is 19.9 Å². The van der Waals surface area contributed by atoms with Crippen LogP contribution in [0.5, 0.6) is 11.5 Å². The first-order valence-electron chi connectivity index (χ1n) is 9.70.